The lowest BCUT2D eigenvalue weighted by Crippen LogP contribution is -2.28. The van der Waals surface area contributed by atoms with Crippen molar-refractivity contribution in [3.63, 3.8) is 0 Å². The largest absolute Gasteiger partial charge is 0.337 e. The van der Waals surface area contributed by atoms with E-state index < -0.39 is 0 Å². The Labute approximate surface area is 145 Å². The number of hydrogen-bond acceptors (Lipinski definition) is 3. The zero-order valence-electron chi connectivity index (χ0n) is 13.1. The number of carbonyl (C=O) groups excluding carboxylic acids is 1. The van der Waals surface area contributed by atoms with Gasteiger partial charge in [-0.15, -0.1) is 0 Å². The monoisotopic (exact) mass is 335 g/mol. The minimum atomic E-state index is 0.135. The Kier molecular flexibility index (Phi) is 4.09. The maximum absolute atomic E-state index is 12.9. The van der Waals surface area contributed by atoms with Crippen LogP contribution in [0.3, 0.4) is 0 Å². The van der Waals surface area contributed by atoms with Gasteiger partial charge >= 0.3 is 0 Å². The van der Waals surface area contributed by atoms with Gasteiger partial charge in [0.05, 0.1) is 17.7 Å². The van der Waals surface area contributed by atoms with Crippen molar-refractivity contribution >= 4 is 29.0 Å². The molecule has 1 amide bonds. The number of anilines is 2. The number of rotatable bonds is 4. The summed E-state index contributed by atoms with van der Waals surface area (Å²) < 4.78 is 2.00. The first kappa shape index (κ1) is 15.0. The van der Waals surface area contributed by atoms with E-state index in [9.17, 15) is 4.79 Å². The highest BCUT2D eigenvalue weighted by atomic mass is 32.2. The molecule has 0 fully saturated rings. The number of aromatic nitrogens is 2. The highest BCUT2D eigenvalue weighted by molar-refractivity contribution is 7.99. The SMILES string of the molecule is O=C(CCCn1ccnc1)N1c2ccccc2Sc2ccccc21. The van der Waals surface area contributed by atoms with E-state index in [4.69, 9.17) is 0 Å². The average molecular weight is 335 g/mol. The number of benzene rings is 2. The van der Waals surface area contributed by atoms with E-state index in [1.807, 2.05) is 52.1 Å². The van der Waals surface area contributed by atoms with E-state index in [2.05, 4.69) is 17.1 Å². The first-order valence-electron chi connectivity index (χ1n) is 7.97. The van der Waals surface area contributed by atoms with Crippen LogP contribution in [0, 0.1) is 0 Å². The fourth-order valence-electron chi connectivity index (χ4n) is 2.92. The second kappa shape index (κ2) is 6.53. The van der Waals surface area contributed by atoms with Crippen molar-refractivity contribution < 1.29 is 4.79 Å². The minimum absolute atomic E-state index is 0.135. The van der Waals surface area contributed by atoms with Gasteiger partial charge in [0.1, 0.15) is 0 Å². The maximum Gasteiger partial charge on any atom is 0.231 e. The molecule has 4 nitrogen and oxygen atoms in total. The van der Waals surface area contributed by atoms with E-state index in [0.717, 1.165) is 34.1 Å². The Bertz CT molecular complexity index is 815. The summed E-state index contributed by atoms with van der Waals surface area (Å²) in [6.07, 6.45) is 6.77. The third-order valence-corrected chi connectivity index (χ3v) is 5.18. The second-order valence-electron chi connectivity index (χ2n) is 5.67. The summed E-state index contributed by atoms with van der Waals surface area (Å²) in [6.45, 7) is 0.803. The highest BCUT2D eigenvalue weighted by Gasteiger charge is 2.27. The third kappa shape index (κ3) is 2.83. The molecule has 0 unspecified atom stereocenters. The zero-order chi connectivity index (χ0) is 16.4. The van der Waals surface area contributed by atoms with Crippen molar-refractivity contribution in [1.82, 2.24) is 9.55 Å². The molecule has 0 bridgehead atoms. The molecule has 0 radical (unpaired) electrons. The summed E-state index contributed by atoms with van der Waals surface area (Å²) in [5.74, 6) is 0.135. The van der Waals surface area contributed by atoms with Crippen LogP contribution in [-0.2, 0) is 11.3 Å². The molecule has 0 atom stereocenters. The lowest BCUT2D eigenvalue weighted by atomic mass is 10.2. The molecule has 0 N–H and O–H groups in total. The second-order valence-corrected chi connectivity index (χ2v) is 6.75. The molecule has 2 heterocycles. The predicted octanol–water partition coefficient (Wildman–Crippen LogP) is 4.49. The average Bonchev–Trinajstić information content (AvgIpc) is 3.13. The standard InChI is InChI=1S/C19H17N3OS/c23-19(10-5-12-21-13-11-20-14-21)22-15-6-1-3-8-17(15)24-18-9-4-2-7-16(18)22/h1-4,6-9,11,13-14H,5,10,12H2. The summed E-state index contributed by atoms with van der Waals surface area (Å²) in [5.41, 5.74) is 1.96. The smallest absolute Gasteiger partial charge is 0.231 e. The Morgan fingerprint density at radius 1 is 1.00 bits per heavy atom. The molecule has 1 aromatic heterocycles. The van der Waals surface area contributed by atoms with E-state index in [0.29, 0.717) is 6.42 Å². The molecule has 0 saturated heterocycles. The number of fused-ring (bicyclic) bond motifs is 2. The summed E-state index contributed by atoms with van der Waals surface area (Å²) >= 11 is 1.72. The molecule has 1 aliphatic heterocycles. The van der Waals surface area contributed by atoms with Crippen LogP contribution in [0.4, 0.5) is 11.4 Å². The van der Waals surface area contributed by atoms with Gasteiger partial charge in [0.2, 0.25) is 5.91 Å². The van der Waals surface area contributed by atoms with Crippen LogP contribution in [0.5, 0.6) is 0 Å². The summed E-state index contributed by atoms with van der Waals surface area (Å²) in [4.78, 5) is 21.1. The van der Waals surface area contributed by atoms with Crippen LogP contribution in [-0.4, -0.2) is 15.5 Å². The summed E-state index contributed by atoms with van der Waals surface area (Å²) in [6, 6.07) is 16.2. The topological polar surface area (TPSA) is 38.1 Å². The van der Waals surface area contributed by atoms with Gasteiger partial charge < -0.3 is 4.57 Å². The molecule has 0 spiro atoms. The van der Waals surface area contributed by atoms with Crippen LogP contribution in [0.1, 0.15) is 12.8 Å². The number of carbonyl (C=O) groups is 1. The van der Waals surface area contributed by atoms with Gasteiger partial charge in [0, 0.05) is 35.2 Å². The first-order valence-corrected chi connectivity index (χ1v) is 8.79. The third-order valence-electron chi connectivity index (χ3n) is 4.05. The Balaban J connectivity index is 1.58. The zero-order valence-corrected chi connectivity index (χ0v) is 13.9. The lowest BCUT2D eigenvalue weighted by Gasteiger charge is -2.31. The van der Waals surface area contributed by atoms with Gasteiger partial charge in [0.25, 0.3) is 0 Å². The van der Waals surface area contributed by atoms with Crippen molar-refractivity contribution in [1.29, 1.82) is 0 Å². The van der Waals surface area contributed by atoms with Gasteiger partial charge in [-0.2, -0.15) is 0 Å². The Hall–Kier alpha value is -2.53. The molecule has 0 saturated carbocycles. The first-order chi connectivity index (χ1) is 11.8. The molecule has 3 aromatic rings. The quantitative estimate of drug-likeness (QED) is 0.705. The molecular formula is C19H17N3OS. The minimum Gasteiger partial charge on any atom is -0.337 e. The molecule has 2 aromatic carbocycles. The van der Waals surface area contributed by atoms with Crippen molar-refractivity contribution in [3.05, 3.63) is 67.3 Å². The fourth-order valence-corrected chi connectivity index (χ4v) is 3.97. The van der Waals surface area contributed by atoms with Crippen LogP contribution < -0.4 is 4.90 Å². The summed E-state index contributed by atoms with van der Waals surface area (Å²) in [5, 5.41) is 0. The number of amides is 1. The number of nitrogens with zero attached hydrogens (tertiary/aromatic N) is 3. The van der Waals surface area contributed by atoms with E-state index in [-0.39, 0.29) is 5.91 Å². The van der Waals surface area contributed by atoms with E-state index in [1.165, 1.54) is 0 Å². The molecule has 0 aliphatic carbocycles. The van der Waals surface area contributed by atoms with Crippen LogP contribution in [0.2, 0.25) is 0 Å². The van der Waals surface area contributed by atoms with Crippen molar-refractivity contribution in [2.75, 3.05) is 4.90 Å². The number of imidazole rings is 1. The Morgan fingerprint density at radius 2 is 1.67 bits per heavy atom. The molecule has 4 rings (SSSR count). The van der Waals surface area contributed by atoms with Gasteiger partial charge in [-0.1, -0.05) is 36.0 Å². The highest BCUT2D eigenvalue weighted by Crippen LogP contribution is 2.48. The van der Waals surface area contributed by atoms with Gasteiger partial charge in [-0.05, 0) is 30.7 Å². The summed E-state index contributed by atoms with van der Waals surface area (Å²) in [7, 11) is 0. The van der Waals surface area contributed by atoms with Crippen molar-refractivity contribution in [2.45, 2.75) is 29.2 Å². The van der Waals surface area contributed by atoms with Gasteiger partial charge in [-0.3, -0.25) is 9.69 Å². The number of para-hydroxylation sites is 2. The molecule has 1 aliphatic rings. The van der Waals surface area contributed by atoms with Crippen molar-refractivity contribution in [3.8, 4) is 0 Å². The molecule has 24 heavy (non-hydrogen) atoms. The fraction of sp³-hybridized carbons (Fsp3) is 0.158. The lowest BCUT2D eigenvalue weighted by molar-refractivity contribution is -0.118. The number of aryl methyl sites for hydroxylation is 1. The number of hydrogen-bond donors (Lipinski definition) is 0. The van der Waals surface area contributed by atoms with E-state index >= 15 is 0 Å². The van der Waals surface area contributed by atoms with Crippen LogP contribution in [0.15, 0.2) is 77.0 Å². The Morgan fingerprint density at radius 3 is 2.29 bits per heavy atom. The molecule has 5 heteroatoms. The van der Waals surface area contributed by atoms with Gasteiger partial charge in [-0.25, -0.2) is 4.98 Å². The predicted molar refractivity (Wildman–Crippen MR) is 95.6 cm³/mol. The van der Waals surface area contributed by atoms with Gasteiger partial charge in [0.15, 0.2) is 0 Å². The van der Waals surface area contributed by atoms with E-state index in [1.54, 1.807) is 24.3 Å². The van der Waals surface area contributed by atoms with Crippen molar-refractivity contribution in [2.24, 2.45) is 0 Å². The van der Waals surface area contributed by atoms with Crippen LogP contribution in [0.25, 0.3) is 0 Å². The molecule has 120 valence electrons. The van der Waals surface area contributed by atoms with Crippen LogP contribution >= 0.6 is 11.8 Å². The maximum atomic E-state index is 12.9. The normalized spacial score (nSPS) is 12.6. The molecular weight excluding hydrogens is 318 g/mol.